The van der Waals surface area contributed by atoms with Crippen LogP contribution in [0.15, 0.2) is 0 Å². The minimum Gasteiger partial charge on any atom is -0.479 e. The summed E-state index contributed by atoms with van der Waals surface area (Å²) in [6.07, 6.45) is 1.50. The number of carboxylic acid groups (broad SMARTS) is 1. The third-order valence-electron chi connectivity index (χ3n) is 3.37. The number of likely N-dealkylation sites (tertiary alicyclic amines) is 1. The van der Waals surface area contributed by atoms with Crippen molar-refractivity contribution in [1.82, 2.24) is 15.5 Å². The van der Waals surface area contributed by atoms with Crippen molar-refractivity contribution in [2.75, 3.05) is 19.6 Å². The summed E-state index contributed by atoms with van der Waals surface area (Å²) in [5, 5.41) is 22.5. The minimum absolute atomic E-state index is 0.0178. The molecule has 1 fully saturated rings. The quantitative estimate of drug-likeness (QED) is 0.528. The van der Waals surface area contributed by atoms with Gasteiger partial charge >= 0.3 is 12.0 Å². The molecule has 4 N–H and O–H groups in total. The summed E-state index contributed by atoms with van der Waals surface area (Å²) in [5.41, 5.74) is 0. The largest absolute Gasteiger partial charge is 0.479 e. The summed E-state index contributed by atoms with van der Waals surface area (Å²) in [7, 11) is 0. The summed E-state index contributed by atoms with van der Waals surface area (Å²) in [5.74, 6) is -1.44. The number of aliphatic hydroxyl groups excluding tert-OH is 1. The number of nitrogens with one attached hydrogen (secondary N) is 2. The second-order valence-corrected chi connectivity index (χ2v) is 5.15. The van der Waals surface area contributed by atoms with E-state index in [1.807, 2.05) is 0 Å². The van der Waals surface area contributed by atoms with Gasteiger partial charge in [-0.25, -0.2) is 9.59 Å². The minimum atomic E-state index is -1.50. The standard InChI is InChI=1S/C13H23N3O5/c1-9(11(18)16-7-3-2-4-8-16)15-13(21)14-6-5-10(17)12(19)20/h9-10,17H,2-8H2,1H3,(H,19,20)(H2,14,15,21)/t9?,10-/m0/s1. The van der Waals surface area contributed by atoms with Crippen molar-refractivity contribution in [3.8, 4) is 0 Å². The van der Waals surface area contributed by atoms with Crippen LogP contribution in [-0.4, -0.2) is 64.8 Å². The number of carboxylic acids is 1. The smallest absolute Gasteiger partial charge is 0.332 e. The van der Waals surface area contributed by atoms with Crippen molar-refractivity contribution < 1.29 is 24.6 Å². The molecule has 0 bridgehead atoms. The Morgan fingerprint density at radius 1 is 1.19 bits per heavy atom. The average molecular weight is 301 g/mol. The second kappa shape index (κ2) is 8.46. The molecule has 0 radical (unpaired) electrons. The fourth-order valence-corrected chi connectivity index (χ4v) is 2.14. The maximum atomic E-state index is 12.1. The zero-order valence-corrected chi connectivity index (χ0v) is 12.2. The monoisotopic (exact) mass is 301 g/mol. The van der Waals surface area contributed by atoms with Crippen molar-refractivity contribution in [3.63, 3.8) is 0 Å². The molecule has 0 saturated carbocycles. The molecule has 2 atom stereocenters. The zero-order chi connectivity index (χ0) is 15.8. The first kappa shape index (κ1) is 17.2. The predicted octanol–water partition coefficient (Wildman–Crippen LogP) is -0.478. The first-order chi connectivity index (χ1) is 9.91. The highest BCUT2D eigenvalue weighted by atomic mass is 16.4. The van der Waals surface area contributed by atoms with Crippen LogP contribution in [0, 0.1) is 0 Å². The molecule has 0 spiro atoms. The Hall–Kier alpha value is -1.83. The SMILES string of the molecule is CC(NC(=O)NCC[C@H](O)C(=O)O)C(=O)N1CCCCC1. The van der Waals surface area contributed by atoms with E-state index < -0.39 is 24.1 Å². The van der Waals surface area contributed by atoms with Crippen LogP contribution in [-0.2, 0) is 9.59 Å². The van der Waals surface area contributed by atoms with Gasteiger partial charge in [0.1, 0.15) is 6.04 Å². The molecule has 120 valence electrons. The molecule has 1 saturated heterocycles. The van der Waals surface area contributed by atoms with Gasteiger partial charge in [-0.05, 0) is 26.2 Å². The van der Waals surface area contributed by atoms with E-state index in [0.717, 1.165) is 32.4 Å². The molecule has 1 rings (SSSR count). The van der Waals surface area contributed by atoms with E-state index >= 15 is 0 Å². The summed E-state index contributed by atoms with van der Waals surface area (Å²) < 4.78 is 0. The highest BCUT2D eigenvalue weighted by Crippen LogP contribution is 2.09. The first-order valence-corrected chi connectivity index (χ1v) is 7.16. The van der Waals surface area contributed by atoms with E-state index in [2.05, 4.69) is 10.6 Å². The molecule has 0 aromatic carbocycles. The maximum absolute atomic E-state index is 12.1. The van der Waals surface area contributed by atoms with E-state index in [4.69, 9.17) is 10.2 Å². The Bertz CT molecular complexity index is 382. The number of urea groups is 1. The van der Waals surface area contributed by atoms with Gasteiger partial charge in [-0.2, -0.15) is 0 Å². The molecule has 8 heteroatoms. The van der Waals surface area contributed by atoms with E-state index in [0.29, 0.717) is 0 Å². The fraction of sp³-hybridized carbons (Fsp3) is 0.769. The van der Waals surface area contributed by atoms with Crippen molar-refractivity contribution in [3.05, 3.63) is 0 Å². The molecular formula is C13H23N3O5. The molecule has 1 unspecified atom stereocenters. The number of hydrogen-bond acceptors (Lipinski definition) is 4. The van der Waals surface area contributed by atoms with Crippen molar-refractivity contribution >= 4 is 17.9 Å². The molecule has 0 aromatic heterocycles. The van der Waals surface area contributed by atoms with Crippen molar-refractivity contribution in [1.29, 1.82) is 0 Å². The van der Waals surface area contributed by atoms with Gasteiger partial charge in [0.15, 0.2) is 6.10 Å². The van der Waals surface area contributed by atoms with Crippen molar-refractivity contribution in [2.24, 2.45) is 0 Å². The van der Waals surface area contributed by atoms with Gasteiger partial charge in [0.2, 0.25) is 5.91 Å². The first-order valence-electron chi connectivity index (χ1n) is 7.16. The van der Waals surface area contributed by atoms with Crippen molar-refractivity contribution in [2.45, 2.75) is 44.8 Å². The second-order valence-electron chi connectivity index (χ2n) is 5.15. The van der Waals surface area contributed by atoms with Gasteiger partial charge in [-0.3, -0.25) is 4.79 Å². The van der Waals surface area contributed by atoms with Gasteiger partial charge in [0, 0.05) is 26.1 Å². The Kier molecular flexibility index (Phi) is 6.93. The number of aliphatic carboxylic acids is 1. The number of rotatable bonds is 6. The number of carbonyl (C=O) groups is 3. The van der Waals surface area contributed by atoms with Gasteiger partial charge in [0.05, 0.1) is 0 Å². The summed E-state index contributed by atoms with van der Waals surface area (Å²) in [6.45, 7) is 3.07. The average Bonchev–Trinajstić information content (AvgIpc) is 2.46. The van der Waals surface area contributed by atoms with Crippen LogP contribution >= 0.6 is 0 Å². The molecule has 3 amide bonds. The third kappa shape index (κ3) is 5.99. The van der Waals surface area contributed by atoms with Gasteiger partial charge in [0.25, 0.3) is 0 Å². The van der Waals surface area contributed by atoms with E-state index in [1.54, 1.807) is 11.8 Å². The van der Waals surface area contributed by atoms with Crippen LogP contribution in [0.25, 0.3) is 0 Å². The zero-order valence-electron chi connectivity index (χ0n) is 12.2. The highest BCUT2D eigenvalue weighted by Gasteiger charge is 2.23. The molecule has 1 aliphatic rings. The lowest BCUT2D eigenvalue weighted by Crippen LogP contribution is -2.51. The summed E-state index contributed by atoms with van der Waals surface area (Å²) in [6, 6.07) is -1.18. The molecule has 1 aliphatic heterocycles. The Morgan fingerprint density at radius 2 is 1.81 bits per heavy atom. The summed E-state index contributed by atoms with van der Waals surface area (Å²) in [4.78, 5) is 35.8. The normalized spacial score (nSPS) is 17.7. The van der Waals surface area contributed by atoms with Crippen LogP contribution in [0.1, 0.15) is 32.6 Å². The van der Waals surface area contributed by atoms with E-state index in [-0.39, 0.29) is 18.9 Å². The Balaban J connectivity index is 2.26. The molecule has 1 heterocycles. The number of hydrogen-bond donors (Lipinski definition) is 4. The van der Waals surface area contributed by atoms with Crippen LogP contribution < -0.4 is 10.6 Å². The van der Waals surface area contributed by atoms with Gasteiger partial charge in [-0.1, -0.05) is 0 Å². The molecule has 0 aliphatic carbocycles. The van der Waals surface area contributed by atoms with Crippen LogP contribution in [0.4, 0.5) is 4.79 Å². The van der Waals surface area contributed by atoms with Crippen LogP contribution in [0.5, 0.6) is 0 Å². The topological polar surface area (TPSA) is 119 Å². The van der Waals surface area contributed by atoms with Crippen LogP contribution in [0.2, 0.25) is 0 Å². The highest BCUT2D eigenvalue weighted by molar-refractivity contribution is 5.86. The summed E-state index contributed by atoms with van der Waals surface area (Å²) >= 11 is 0. The lowest BCUT2D eigenvalue weighted by atomic mass is 10.1. The van der Waals surface area contributed by atoms with E-state index in [9.17, 15) is 14.4 Å². The molecular weight excluding hydrogens is 278 g/mol. The van der Waals surface area contributed by atoms with Gasteiger partial charge in [-0.15, -0.1) is 0 Å². The Morgan fingerprint density at radius 3 is 2.38 bits per heavy atom. The predicted molar refractivity (Wildman–Crippen MR) is 74.7 cm³/mol. The number of piperidine rings is 1. The number of aliphatic hydroxyl groups is 1. The lowest BCUT2D eigenvalue weighted by molar-refractivity contribution is -0.146. The number of amides is 3. The third-order valence-corrected chi connectivity index (χ3v) is 3.37. The molecule has 21 heavy (non-hydrogen) atoms. The fourth-order valence-electron chi connectivity index (χ4n) is 2.14. The Labute approximate surface area is 123 Å². The van der Waals surface area contributed by atoms with E-state index in [1.165, 1.54) is 0 Å². The maximum Gasteiger partial charge on any atom is 0.332 e. The molecule has 0 aromatic rings. The lowest BCUT2D eigenvalue weighted by Gasteiger charge is -2.29. The van der Waals surface area contributed by atoms with Crippen LogP contribution in [0.3, 0.4) is 0 Å². The number of carbonyl (C=O) groups excluding carboxylic acids is 2. The molecule has 8 nitrogen and oxygen atoms in total. The number of nitrogens with zero attached hydrogens (tertiary/aromatic N) is 1. The van der Waals surface area contributed by atoms with Gasteiger partial charge < -0.3 is 25.7 Å².